The van der Waals surface area contributed by atoms with Gasteiger partial charge in [0.25, 0.3) is 0 Å². The topological polar surface area (TPSA) is 29.5 Å². The molecule has 0 spiro atoms. The summed E-state index contributed by atoms with van der Waals surface area (Å²) in [6.07, 6.45) is 1.73. The molecule has 0 saturated carbocycles. The van der Waals surface area contributed by atoms with Gasteiger partial charge in [0.2, 0.25) is 0 Å². The van der Waals surface area contributed by atoms with E-state index in [2.05, 4.69) is 67.2 Å². The average Bonchev–Trinajstić information content (AvgIpc) is 2.42. The predicted octanol–water partition coefficient (Wildman–Crippen LogP) is 5.60. The van der Waals surface area contributed by atoms with Crippen LogP contribution in [0.4, 0.5) is 0 Å². The molecule has 1 rings (SSSR count). The molecule has 3 heteroatoms. The predicted molar refractivity (Wildman–Crippen MR) is 97.0 cm³/mol. The number of hydrogen-bond donors (Lipinski definition) is 1. The van der Waals surface area contributed by atoms with Crippen LogP contribution < -0.4 is 0 Å². The third-order valence-corrected chi connectivity index (χ3v) is 8.97. The molecule has 1 aromatic rings. The molecule has 0 aliphatic rings. The summed E-state index contributed by atoms with van der Waals surface area (Å²) in [5.41, 5.74) is 1.09. The van der Waals surface area contributed by atoms with Gasteiger partial charge in [0.05, 0.1) is 6.10 Å². The van der Waals surface area contributed by atoms with Gasteiger partial charge < -0.3 is 9.22 Å². The van der Waals surface area contributed by atoms with Crippen LogP contribution in [0.25, 0.3) is 0 Å². The Labute approximate surface area is 137 Å². The quantitative estimate of drug-likeness (QED) is 0.565. The van der Waals surface area contributed by atoms with Gasteiger partial charge in [-0.2, -0.15) is 0 Å². The van der Waals surface area contributed by atoms with Crippen molar-refractivity contribution in [3.05, 3.63) is 48.6 Å². The van der Waals surface area contributed by atoms with E-state index in [1.165, 1.54) is 0 Å². The fourth-order valence-corrected chi connectivity index (χ4v) is 6.58. The van der Waals surface area contributed by atoms with Crippen LogP contribution in [0.15, 0.2) is 43.0 Å². The number of benzene rings is 1. The van der Waals surface area contributed by atoms with Crippen LogP contribution in [0.1, 0.15) is 60.1 Å². The fraction of sp³-hybridized carbons (Fsp3) is 0.579. The minimum absolute atomic E-state index is 0.131. The molecular weight excluding hydrogens is 288 g/mol. The van der Waals surface area contributed by atoms with Crippen molar-refractivity contribution in [1.29, 1.82) is 0 Å². The van der Waals surface area contributed by atoms with Crippen molar-refractivity contribution in [3.63, 3.8) is 0 Å². The first-order valence-electron chi connectivity index (χ1n) is 8.02. The summed E-state index contributed by atoms with van der Waals surface area (Å²) in [4.78, 5) is 11.5. The SMILES string of the molecule is C=CC(C)C(O[Si](O)(C(C)(C)C)C(C)(C)C)c1ccccc1. The van der Waals surface area contributed by atoms with E-state index in [4.69, 9.17) is 4.43 Å². The van der Waals surface area contributed by atoms with Crippen LogP contribution in [0, 0.1) is 5.92 Å². The Morgan fingerprint density at radius 3 is 1.86 bits per heavy atom. The zero-order chi connectivity index (χ0) is 17.2. The van der Waals surface area contributed by atoms with Crippen molar-refractivity contribution < 1.29 is 9.22 Å². The van der Waals surface area contributed by atoms with Gasteiger partial charge in [0, 0.05) is 16.0 Å². The molecule has 1 N–H and O–H groups in total. The second-order valence-electron chi connectivity index (χ2n) is 8.19. The molecule has 2 nitrogen and oxygen atoms in total. The van der Waals surface area contributed by atoms with Gasteiger partial charge in [-0.1, -0.05) is 84.9 Å². The second kappa shape index (κ2) is 6.69. The van der Waals surface area contributed by atoms with Crippen molar-refractivity contribution in [2.45, 2.75) is 64.6 Å². The summed E-state index contributed by atoms with van der Waals surface area (Å²) in [6.45, 7) is 18.5. The molecule has 0 radical (unpaired) electrons. The summed E-state index contributed by atoms with van der Waals surface area (Å²) in [5.74, 6) is 0.131. The van der Waals surface area contributed by atoms with Gasteiger partial charge in [-0.25, -0.2) is 0 Å². The van der Waals surface area contributed by atoms with Crippen LogP contribution in [-0.4, -0.2) is 13.4 Å². The zero-order valence-electron chi connectivity index (χ0n) is 15.2. The maximum absolute atomic E-state index is 11.5. The van der Waals surface area contributed by atoms with E-state index in [9.17, 15) is 4.80 Å². The van der Waals surface area contributed by atoms with Crippen LogP contribution in [0.2, 0.25) is 10.1 Å². The van der Waals surface area contributed by atoms with Crippen molar-refractivity contribution in [3.8, 4) is 0 Å². The standard InChI is InChI=1S/C19H32O2Si/c1-9-15(2)17(16-13-11-10-12-14-16)21-22(20,18(3,4)5)19(6,7)8/h9-15,17,20H,1H2,2-8H3. The molecular formula is C19H32O2Si. The van der Waals surface area contributed by atoms with Gasteiger partial charge in [-0.05, 0) is 5.56 Å². The molecule has 0 heterocycles. The van der Waals surface area contributed by atoms with Gasteiger partial charge in [0.15, 0.2) is 0 Å². The Balaban J connectivity index is 3.30. The molecule has 2 unspecified atom stereocenters. The molecule has 0 saturated heterocycles. The molecule has 0 amide bonds. The summed E-state index contributed by atoms with van der Waals surface area (Å²) < 4.78 is 6.53. The van der Waals surface area contributed by atoms with Crippen LogP contribution in [0.3, 0.4) is 0 Å². The zero-order valence-corrected chi connectivity index (χ0v) is 16.2. The normalized spacial score (nSPS) is 16.2. The van der Waals surface area contributed by atoms with Gasteiger partial charge in [-0.3, -0.25) is 0 Å². The molecule has 0 aliphatic heterocycles. The third kappa shape index (κ3) is 3.89. The van der Waals surface area contributed by atoms with E-state index in [1.54, 1.807) is 0 Å². The van der Waals surface area contributed by atoms with Crippen molar-refractivity contribution in [1.82, 2.24) is 0 Å². The third-order valence-electron chi connectivity index (χ3n) is 4.31. The largest absolute Gasteiger partial charge is 0.410 e. The Kier molecular flexibility index (Phi) is 5.82. The molecule has 1 aromatic carbocycles. The fourth-order valence-electron chi connectivity index (χ4n) is 2.91. The van der Waals surface area contributed by atoms with Crippen molar-refractivity contribution in [2.24, 2.45) is 5.92 Å². The molecule has 2 atom stereocenters. The Bertz CT molecular complexity index is 468. The van der Waals surface area contributed by atoms with Crippen LogP contribution in [-0.2, 0) is 4.43 Å². The van der Waals surface area contributed by atoms with Gasteiger partial charge in [0.1, 0.15) is 0 Å². The minimum Gasteiger partial charge on any atom is -0.410 e. The lowest BCUT2D eigenvalue weighted by atomic mass is 9.98. The van der Waals surface area contributed by atoms with Gasteiger partial charge >= 0.3 is 8.56 Å². The highest BCUT2D eigenvalue weighted by Gasteiger charge is 2.56. The maximum Gasteiger partial charge on any atom is 0.347 e. The molecule has 0 bridgehead atoms. The number of hydrogen-bond acceptors (Lipinski definition) is 2. The van der Waals surface area contributed by atoms with Crippen LogP contribution >= 0.6 is 0 Å². The second-order valence-corrected chi connectivity index (χ2v) is 12.7. The molecule has 22 heavy (non-hydrogen) atoms. The first kappa shape index (κ1) is 19.1. The van der Waals surface area contributed by atoms with Crippen molar-refractivity contribution >= 4 is 8.56 Å². The Morgan fingerprint density at radius 2 is 1.50 bits per heavy atom. The van der Waals surface area contributed by atoms with E-state index in [1.807, 2.05) is 24.3 Å². The monoisotopic (exact) mass is 320 g/mol. The van der Waals surface area contributed by atoms with E-state index >= 15 is 0 Å². The first-order chi connectivity index (χ1) is 9.94. The van der Waals surface area contributed by atoms with Gasteiger partial charge in [-0.15, -0.1) is 6.58 Å². The minimum atomic E-state index is -3.03. The summed E-state index contributed by atoms with van der Waals surface area (Å²) in [5, 5.41) is -0.557. The Hall–Kier alpha value is -0.903. The average molecular weight is 321 g/mol. The summed E-state index contributed by atoms with van der Waals surface area (Å²) >= 11 is 0. The van der Waals surface area contributed by atoms with Crippen molar-refractivity contribution in [2.75, 3.05) is 0 Å². The summed E-state index contributed by atoms with van der Waals surface area (Å²) in [6, 6.07) is 10.1. The highest BCUT2D eigenvalue weighted by atomic mass is 28.4. The smallest absolute Gasteiger partial charge is 0.347 e. The maximum atomic E-state index is 11.5. The van der Waals surface area contributed by atoms with E-state index < -0.39 is 8.56 Å². The lowest BCUT2D eigenvalue weighted by molar-refractivity contribution is 0.0876. The van der Waals surface area contributed by atoms with E-state index in [0.29, 0.717) is 0 Å². The molecule has 0 aromatic heterocycles. The lowest BCUT2D eigenvalue weighted by Gasteiger charge is -2.48. The highest BCUT2D eigenvalue weighted by molar-refractivity contribution is 6.72. The van der Waals surface area contributed by atoms with E-state index in [0.717, 1.165) is 5.56 Å². The highest BCUT2D eigenvalue weighted by Crippen LogP contribution is 2.52. The Morgan fingerprint density at radius 1 is 1.05 bits per heavy atom. The lowest BCUT2D eigenvalue weighted by Crippen LogP contribution is -2.56. The van der Waals surface area contributed by atoms with Crippen LogP contribution in [0.5, 0.6) is 0 Å². The summed E-state index contributed by atoms with van der Waals surface area (Å²) in [7, 11) is -3.03. The first-order valence-corrected chi connectivity index (χ1v) is 9.87. The number of rotatable bonds is 5. The van der Waals surface area contributed by atoms with E-state index in [-0.39, 0.29) is 22.1 Å². The molecule has 0 aliphatic carbocycles. The molecule has 124 valence electrons. The molecule has 0 fully saturated rings.